The maximum absolute atomic E-state index is 14.5. The monoisotopic (exact) mass is 369 g/mol. The summed E-state index contributed by atoms with van der Waals surface area (Å²) in [6, 6.07) is 1.22. The van der Waals surface area contributed by atoms with Gasteiger partial charge in [0.15, 0.2) is 6.39 Å². The first-order valence-electron chi connectivity index (χ1n) is 8.06. The van der Waals surface area contributed by atoms with Crippen LogP contribution in [0.5, 0.6) is 0 Å². The molecule has 1 fully saturated rings. The van der Waals surface area contributed by atoms with Gasteiger partial charge in [-0.15, -0.1) is 0 Å². The molecular weight excluding hydrogens is 352 g/mol. The molecule has 0 amide bonds. The van der Waals surface area contributed by atoms with Crippen molar-refractivity contribution in [2.75, 3.05) is 18.8 Å². The summed E-state index contributed by atoms with van der Waals surface area (Å²) >= 11 is 0. The summed E-state index contributed by atoms with van der Waals surface area (Å²) in [5.74, 6) is -2.96. The SMILES string of the molecule is Nc1ccn([C@@H]2O[C@H](CN3CCc4ocnc4C3)[C@@H](O)C2(F)F)c(=O)n1. The summed E-state index contributed by atoms with van der Waals surface area (Å²) in [5.41, 5.74) is 5.16. The molecule has 0 aromatic carbocycles. The van der Waals surface area contributed by atoms with Gasteiger partial charge in [-0.3, -0.25) is 9.47 Å². The van der Waals surface area contributed by atoms with E-state index in [1.54, 1.807) is 0 Å². The van der Waals surface area contributed by atoms with Crippen LogP contribution in [0.3, 0.4) is 0 Å². The molecule has 2 aromatic rings. The van der Waals surface area contributed by atoms with Gasteiger partial charge < -0.3 is 20.0 Å². The number of hydrogen-bond acceptors (Lipinski definition) is 8. The van der Waals surface area contributed by atoms with Crippen molar-refractivity contribution in [2.45, 2.75) is 37.3 Å². The third-order valence-corrected chi connectivity index (χ3v) is 4.68. The fourth-order valence-electron chi connectivity index (χ4n) is 3.31. The zero-order valence-corrected chi connectivity index (χ0v) is 13.6. The molecule has 140 valence electrons. The average Bonchev–Trinajstić information content (AvgIpc) is 3.13. The van der Waals surface area contributed by atoms with Crippen molar-refractivity contribution in [3.8, 4) is 0 Å². The molecule has 9 nitrogen and oxygen atoms in total. The van der Waals surface area contributed by atoms with Gasteiger partial charge in [-0.25, -0.2) is 9.78 Å². The van der Waals surface area contributed by atoms with Crippen molar-refractivity contribution in [2.24, 2.45) is 0 Å². The molecule has 3 atom stereocenters. The van der Waals surface area contributed by atoms with Crippen molar-refractivity contribution in [1.29, 1.82) is 0 Å². The lowest BCUT2D eigenvalue weighted by Crippen LogP contribution is -2.44. The minimum atomic E-state index is -3.65. The maximum Gasteiger partial charge on any atom is 0.351 e. The molecule has 2 aromatic heterocycles. The minimum absolute atomic E-state index is 0.0662. The van der Waals surface area contributed by atoms with E-state index in [1.165, 1.54) is 12.5 Å². The van der Waals surface area contributed by atoms with Crippen LogP contribution in [-0.2, 0) is 17.7 Å². The number of fused-ring (bicyclic) bond motifs is 1. The van der Waals surface area contributed by atoms with Crippen LogP contribution in [0.15, 0.2) is 27.9 Å². The van der Waals surface area contributed by atoms with Crippen LogP contribution in [0.2, 0.25) is 0 Å². The fourth-order valence-corrected chi connectivity index (χ4v) is 3.31. The largest absolute Gasteiger partial charge is 0.448 e. The molecule has 0 radical (unpaired) electrons. The lowest BCUT2D eigenvalue weighted by molar-refractivity contribution is -0.140. The number of anilines is 1. The van der Waals surface area contributed by atoms with Gasteiger partial charge in [-0.1, -0.05) is 0 Å². The molecule has 26 heavy (non-hydrogen) atoms. The van der Waals surface area contributed by atoms with Gasteiger partial charge in [0.2, 0.25) is 6.23 Å². The first-order valence-corrected chi connectivity index (χ1v) is 8.06. The van der Waals surface area contributed by atoms with E-state index in [2.05, 4.69) is 9.97 Å². The van der Waals surface area contributed by atoms with Crippen LogP contribution in [-0.4, -0.2) is 55.8 Å². The summed E-state index contributed by atoms with van der Waals surface area (Å²) in [5, 5.41) is 10.1. The van der Waals surface area contributed by atoms with Gasteiger partial charge in [0.1, 0.15) is 23.8 Å². The van der Waals surface area contributed by atoms with Gasteiger partial charge >= 0.3 is 11.6 Å². The van der Waals surface area contributed by atoms with Gasteiger partial charge in [0.05, 0.1) is 5.69 Å². The van der Waals surface area contributed by atoms with Crippen molar-refractivity contribution >= 4 is 5.82 Å². The third-order valence-electron chi connectivity index (χ3n) is 4.68. The fraction of sp³-hybridized carbons (Fsp3) is 0.533. The van der Waals surface area contributed by atoms with E-state index in [1.807, 2.05) is 4.90 Å². The van der Waals surface area contributed by atoms with Crippen molar-refractivity contribution in [1.82, 2.24) is 19.4 Å². The molecule has 0 spiro atoms. The highest BCUT2D eigenvalue weighted by Gasteiger charge is 2.59. The molecule has 2 aliphatic heterocycles. The standard InChI is InChI=1S/C15H17F2N5O4/c16-15(17)12(23)10(6-21-3-1-9-8(5-21)19-7-25-9)26-13(15)22-4-2-11(18)20-14(22)24/h2,4,7,10,12-13,23H,1,3,5-6H2,(H2,18,20,24)/t10-,12-,13-/m1/s1. The lowest BCUT2D eigenvalue weighted by atomic mass is 10.1. The van der Waals surface area contributed by atoms with Crippen molar-refractivity contribution in [3.63, 3.8) is 0 Å². The molecule has 1 saturated heterocycles. The Bertz CT molecular complexity index is 870. The second kappa shape index (κ2) is 6.11. The van der Waals surface area contributed by atoms with Crippen LogP contribution in [0.1, 0.15) is 17.7 Å². The molecule has 3 N–H and O–H groups in total. The molecule has 0 aliphatic carbocycles. The highest BCUT2D eigenvalue weighted by Crippen LogP contribution is 2.42. The van der Waals surface area contributed by atoms with E-state index in [-0.39, 0.29) is 12.4 Å². The first-order chi connectivity index (χ1) is 12.4. The number of oxazole rings is 1. The number of aliphatic hydroxyl groups is 1. The highest BCUT2D eigenvalue weighted by molar-refractivity contribution is 5.23. The van der Waals surface area contributed by atoms with E-state index in [0.29, 0.717) is 24.1 Å². The average molecular weight is 369 g/mol. The quantitative estimate of drug-likeness (QED) is 0.761. The number of rotatable bonds is 3. The lowest BCUT2D eigenvalue weighted by Gasteiger charge is -2.28. The molecule has 0 unspecified atom stereocenters. The van der Waals surface area contributed by atoms with Crippen LogP contribution in [0, 0.1) is 0 Å². The Balaban J connectivity index is 1.53. The smallest absolute Gasteiger partial charge is 0.351 e. The normalized spacial score (nSPS) is 28.2. The van der Waals surface area contributed by atoms with E-state index in [0.717, 1.165) is 17.7 Å². The number of nitrogen functional groups attached to an aromatic ring is 1. The van der Waals surface area contributed by atoms with Crippen molar-refractivity contribution in [3.05, 3.63) is 40.6 Å². The molecule has 4 rings (SSSR count). The number of nitrogens with two attached hydrogens (primary N) is 1. The van der Waals surface area contributed by atoms with Gasteiger partial charge in [0, 0.05) is 32.3 Å². The Kier molecular flexibility index (Phi) is 4.01. The zero-order valence-electron chi connectivity index (χ0n) is 13.6. The van der Waals surface area contributed by atoms with Crippen LogP contribution in [0.4, 0.5) is 14.6 Å². The number of halogens is 2. The summed E-state index contributed by atoms with van der Waals surface area (Å²) in [6.07, 6.45) is -2.15. The van der Waals surface area contributed by atoms with Gasteiger partial charge in [-0.05, 0) is 6.07 Å². The van der Waals surface area contributed by atoms with Crippen LogP contribution >= 0.6 is 0 Å². The number of aromatic nitrogens is 3. The molecule has 4 heterocycles. The molecule has 2 aliphatic rings. The topological polar surface area (TPSA) is 120 Å². The second-order valence-corrected chi connectivity index (χ2v) is 6.40. The van der Waals surface area contributed by atoms with E-state index in [9.17, 15) is 18.7 Å². The van der Waals surface area contributed by atoms with E-state index >= 15 is 0 Å². The minimum Gasteiger partial charge on any atom is -0.448 e. The Labute approximate surface area is 146 Å². The van der Waals surface area contributed by atoms with Gasteiger partial charge in [-0.2, -0.15) is 13.8 Å². The third kappa shape index (κ3) is 2.77. The Morgan fingerprint density at radius 1 is 1.46 bits per heavy atom. The predicted molar refractivity (Wildman–Crippen MR) is 83.3 cm³/mol. The predicted octanol–water partition coefficient (Wildman–Crippen LogP) is -0.235. The van der Waals surface area contributed by atoms with E-state index < -0.39 is 30.0 Å². The first kappa shape index (κ1) is 17.1. The number of aliphatic hydroxyl groups excluding tert-OH is 1. The highest BCUT2D eigenvalue weighted by atomic mass is 19.3. The number of alkyl halides is 2. The Hall–Kier alpha value is -2.37. The summed E-state index contributed by atoms with van der Waals surface area (Å²) in [4.78, 5) is 21.2. The molecule has 0 bridgehead atoms. The van der Waals surface area contributed by atoms with E-state index in [4.69, 9.17) is 14.9 Å². The Morgan fingerprint density at radius 3 is 3.04 bits per heavy atom. The molecule has 11 heteroatoms. The van der Waals surface area contributed by atoms with Crippen LogP contribution < -0.4 is 11.4 Å². The molecular formula is C15H17F2N5O4. The second-order valence-electron chi connectivity index (χ2n) is 6.40. The number of hydrogen-bond donors (Lipinski definition) is 2. The Morgan fingerprint density at radius 2 is 2.27 bits per heavy atom. The zero-order chi connectivity index (χ0) is 18.5. The summed E-state index contributed by atoms with van der Waals surface area (Å²) < 4.78 is 40.3. The summed E-state index contributed by atoms with van der Waals surface area (Å²) in [6.45, 7) is 1.04. The van der Waals surface area contributed by atoms with Gasteiger partial charge in [0.25, 0.3) is 0 Å². The number of ether oxygens (including phenoxy) is 1. The maximum atomic E-state index is 14.5. The van der Waals surface area contributed by atoms with Crippen LogP contribution in [0.25, 0.3) is 0 Å². The number of nitrogens with zero attached hydrogens (tertiary/aromatic N) is 4. The molecule has 0 saturated carbocycles. The summed E-state index contributed by atoms with van der Waals surface area (Å²) in [7, 11) is 0. The van der Waals surface area contributed by atoms with Crippen molar-refractivity contribution < 1.29 is 23.0 Å².